The molecule has 0 bridgehead atoms. The minimum absolute atomic E-state index is 0.0322. The minimum Gasteiger partial charge on any atom is -0.512 e. The molecule has 0 fully saturated rings. The van der Waals surface area contributed by atoms with Gasteiger partial charge in [-0.15, -0.1) is 11.3 Å². The Hall–Kier alpha value is -1.09. The maximum absolute atomic E-state index is 11.2. The van der Waals surface area contributed by atoms with E-state index in [1.165, 1.54) is 16.5 Å². The third-order valence-electron chi connectivity index (χ3n) is 2.38. The first-order valence-electron chi connectivity index (χ1n) is 4.62. The lowest BCUT2D eigenvalue weighted by Gasteiger charge is -2.17. The van der Waals surface area contributed by atoms with Gasteiger partial charge in [0.15, 0.2) is 5.78 Å². The highest BCUT2D eigenvalue weighted by molar-refractivity contribution is 7.10. The molecular weight excluding hydrogens is 196 g/mol. The van der Waals surface area contributed by atoms with Crippen LogP contribution in [0.2, 0.25) is 0 Å². The van der Waals surface area contributed by atoms with E-state index in [2.05, 4.69) is 11.4 Å². The van der Waals surface area contributed by atoms with Crippen molar-refractivity contribution in [2.24, 2.45) is 0 Å². The minimum atomic E-state index is 0.0322. The van der Waals surface area contributed by atoms with Gasteiger partial charge in [-0.2, -0.15) is 0 Å². The fraction of sp³-hybridized carbons (Fsp3) is 0.364. The molecular formula is C11H12O2S. The van der Waals surface area contributed by atoms with Crippen LogP contribution in [0.15, 0.2) is 23.3 Å². The number of rotatable bonds is 1. The van der Waals surface area contributed by atoms with Crippen molar-refractivity contribution in [1.82, 2.24) is 0 Å². The van der Waals surface area contributed by atoms with Gasteiger partial charge in [0.25, 0.3) is 0 Å². The molecule has 2 rings (SSSR count). The van der Waals surface area contributed by atoms with E-state index < -0.39 is 0 Å². The lowest BCUT2D eigenvalue weighted by Crippen LogP contribution is -2.11. The summed E-state index contributed by atoms with van der Waals surface area (Å²) >= 11 is 1.67. The Kier molecular flexibility index (Phi) is 2.42. The Labute approximate surface area is 86.9 Å². The summed E-state index contributed by atoms with van der Waals surface area (Å²) < 4.78 is 0. The fourth-order valence-electron chi connectivity index (χ4n) is 1.74. The molecule has 0 saturated heterocycles. The quantitative estimate of drug-likeness (QED) is 0.770. The summed E-state index contributed by atoms with van der Waals surface area (Å²) in [6, 6.07) is 2.10. The van der Waals surface area contributed by atoms with Crippen molar-refractivity contribution in [3.8, 4) is 0 Å². The van der Waals surface area contributed by atoms with Gasteiger partial charge < -0.3 is 5.11 Å². The number of carbonyl (C=O) groups is 1. The van der Waals surface area contributed by atoms with Crippen LogP contribution in [0.4, 0.5) is 0 Å². The summed E-state index contributed by atoms with van der Waals surface area (Å²) in [4.78, 5) is 12.4. The Morgan fingerprint density at radius 3 is 2.86 bits per heavy atom. The summed E-state index contributed by atoms with van der Waals surface area (Å²) in [6.45, 7) is 2.04. The molecule has 0 aliphatic heterocycles. The monoisotopic (exact) mass is 208 g/mol. The standard InChI is InChI=1S/C11H12O2S/c1-7-2-11(14-6-7)8-3-9(12)5-10(13)4-8/h2,5-6,8,12H,3-4H2,1H3. The molecule has 1 unspecified atom stereocenters. The van der Waals surface area contributed by atoms with Gasteiger partial charge >= 0.3 is 0 Å². The van der Waals surface area contributed by atoms with E-state index in [1.54, 1.807) is 11.3 Å². The number of ketones is 1. The Balaban J connectivity index is 2.21. The third kappa shape index (κ3) is 1.87. The van der Waals surface area contributed by atoms with Crippen LogP contribution in [-0.4, -0.2) is 10.9 Å². The number of carbonyl (C=O) groups excluding carboxylic acids is 1. The first-order chi connectivity index (χ1) is 6.65. The number of aryl methyl sites for hydroxylation is 1. The predicted molar refractivity (Wildman–Crippen MR) is 56.7 cm³/mol. The van der Waals surface area contributed by atoms with E-state index in [4.69, 9.17) is 0 Å². The number of allylic oxidation sites excluding steroid dienone is 2. The summed E-state index contributed by atoms with van der Waals surface area (Å²) in [5, 5.41) is 11.4. The molecule has 1 heterocycles. The van der Waals surface area contributed by atoms with Gasteiger partial charge in [0.05, 0.1) is 5.76 Å². The van der Waals surface area contributed by atoms with E-state index in [-0.39, 0.29) is 17.5 Å². The van der Waals surface area contributed by atoms with Crippen LogP contribution in [0.3, 0.4) is 0 Å². The van der Waals surface area contributed by atoms with Crippen molar-refractivity contribution < 1.29 is 9.90 Å². The molecule has 0 amide bonds. The summed E-state index contributed by atoms with van der Waals surface area (Å²) in [5.41, 5.74) is 1.23. The maximum atomic E-state index is 11.2. The van der Waals surface area contributed by atoms with E-state index in [0.717, 1.165) is 0 Å². The fourth-order valence-corrected chi connectivity index (χ4v) is 2.74. The molecule has 1 atom stereocenters. The Morgan fingerprint density at radius 2 is 2.29 bits per heavy atom. The largest absolute Gasteiger partial charge is 0.512 e. The molecule has 74 valence electrons. The van der Waals surface area contributed by atoms with Gasteiger partial charge in [-0.1, -0.05) is 0 Å². The zero-order valence-corrected chi connectivity index (χ0v) is 8.80. The average Bonchev–Trinajstić information content (AvgIpc) is 2.50. The van der Waals surface area contributed by atoms with Gasteiger partial charge in [0, 0.05) is 29.7 Å². The molecule has 1 aliphatic rings. The Bertz CT molecular complexity index is 390. The van der Waals surface area contributed by atoms with Crippen molar-refractivity contribution in [3.05, 3.63) is 33.7 Å². The van der Waals surface area contributed by atoms with Crippen molar-refractivity contribution in [3.63, 3.8) is 0 Å². The van der Waals surface area contributed by atoms with Crippen LogP contribution in [0.25, 0.3) is 0 Å². The van der Waals surface area contributed by atoms with Crippen molar-refractivity contribution in [2.45, 2.75) is 25.7 Å². The van der Waals surface area contributed by atoms with Crippen LogP contribution in [-0.2, 0) is 4.79 Å². The third-order valence-corrected chi connectivity index (χ3v) is 3.60. The van der Waals surface area contributed by atoms with Gasteiger partial charge in [0.1, 0.15) is 0 Å². The number of thiophene rings is 1. The van der Waals surface area contributed by atoms with Gasteiger partial charge in [-0.25, -0.2) is 0 Å². The molecule has 1 aliphatic carbocycles. The highest BCUT2D eigenvalue weighted by Crippen LogP contribution is 2.33. The molecule has 0 aromatic carbocycles. The second kappa shape index (κ2) is 3.58. The lowest BCUT2D eigenvalue weighted by atomic mass is 9.91. The van der Waals surface area contributed by atoms with Crippen LogP contribution in [0.1, 0.15) is 29.2 Å². The molecule has 0 saturated carbocycles. The van der Waals surface area contributed by atoms with Crippen molar-refractivity contribution in [2.75, 3.05) is 0 Å². The highest BCUT2D eigenvalue weighted by atomic mass is 32.1. The normalized spacial score (nSPS) is 22.2. The average molecular weight is 208 g/mol. The summed E-state index contributed by atoms with van der Waals surface area (Å²) in [6.07, 6.45) is 2.48. The zero-order valence-electron chi connectivity index (χ0n) is 7.99. The second-order valence-corrected chi connectivity index (χ2v) is 4.68. The number of hydrogen-bond donors (Lipinski definition) is 1. The van der Waals surface area contributed by atoms with E-state index in [1.807, 2.05) is 6.92 Å². The molecule has 2 nitrogen and oxygen atoms in total. The first kappa shape index (κ1) is 9.46. The van der Waals surface area contributed by atoms with Crippen LogP contribution in [0.5, 0.6) is 0 Å². The van der Waals surface area contributed by atoms with Crippen LogP contribution in [0, 0.1) is 6.92 Å². The van der Waals surface area contributed by atoms with E-state index in [0.29, 0.717) is 12.8 Å². The summed E-state index contributed by atoms with van der Waals surface area (Å²) in [7, 11) is 0. The van der Waals surface area contributed by atoms with Crippen molar-refractivity contribution >= 4 is 17.1 Å². The molecule has 3 heteroatoms. The highest BCUT2D eigenvalue weighted by Gasteiger charge is 2.22. The van der Waals surface area contributed by atoms with E-state index >= 15 is 0 Å². The predicted octanol–water partition coefficient (Wildman–Crippen LogP) is 2.94. The molecule has 1 aromatic heterocycles. The molecule has 0 spiro atoms. The van der Waals surface area contributed by atoms with Gasteiger partial charge in [-0.3, -0.25) is 4.79 Å². The SMILES string of the molecule is Cc1csc(C2CC(=O)C=C(O)C2)c1. The molecule has 1 N–H and O–H groups in total. The number of aliphatic hydroxyl groups excluding tert-OH is 1. The molecule has 1 aromatic rings. The topological polar surface area (TPSA) is 37.3 Å². The van der Waals surface area contributed by atoms with Gasteiger partial charge in [0.2, 0.25) is 0 Å². The van der Waals surface area contributed by atoms with Crippen molar-refractivity contribution in [1.29, 1.82) is 0 Å². The first-order valence-corrected chi connectivity index (χ1v) is 5.50. The van der Waals surface area contributed by atoms with E-state index in [9.17, 15) is 9.90 Å². The second-order valence-electron chi connectivity index (χ2n) is 3.73. The number of hydrogen-bond acceptors (Lipinski definition) is 3. The Morgan fingerprint density at radius 1 is 1.50 bits per heavy atom. The van der Waals surface area contributed by atoms with Crippen LogP contribution >= 0.6 is 11.3 Å². The summed E-state index contributed by atoms with van der Waals surface area (Å²) in [5.74, 6) is 0.438. The maximum Gasteiger partial charge on any atom is 0.159 e. The molecule has 0 radical (unpaired) electrons. The lowest BCUT2D eigenvalue weighted by molar-refractivity contribution is -0.115. The van der Waals surface area contributed by atoms with Crippen LogP contribution < -0.4 is 0 Å². The molecule has 14 heavy (non-hydrogen) atoms. The smallest absolute Gasteiger partial charge is 0.159 e. The number of aliphatic hydroxyl groups is 1. The van der Waals surface area contributed by atoms with Gasteiger partial charge in [-0.05, 0) is 23.9 Å². The zero-order chi connectivity index (χ0) is 10.1.